The van der Waals surface area contributed by atoms with Gasteiger partial charge >= 0.3 is 0 Å². The molecule has 0 aliphatic rings. The highest BCUT2D eigenvalue weighted by Gasteiger charge is 2.32. The third-order valence-electron chi connectivity index (χ3n) is 8.74. The Morgan fingerprint density at radius 1 is 0.340 bits per heavy atom. The molecule has 0 amide bonds. The van der Waals surface area contributed by atoms with Crippen LogP contribution in [0.25, 0.3) is 76.9 Å². The van der Waals surface area contributed by atoms with E-state index in [1.807, 2.05) is 42.5 Å². The van der Waals surface area contributed by atoms with Crippen LogP contribution in [0.5, 0.6) is 46.0 Å². The van der Waals surface area contributed by atoms with E-state index in [4.69, 9.17) is 4.42 Å². The molecule has 8 N–H and O–H groups in total. The van der Waals surface area contributed by atoms with Crippen LogP contribution in [0.1, 0.15) is 0 Å². The summed E-state index contributed by atoms with van der Waals surface area (Å²) in [5.74, 6) is -7.37. The summed E-state index contributed by atoms with van der Waals surface area (Å²) in [6, 6.07) is 28.6. The van der Waals surface area contributed by atoms with Gasteiger partial charge in [-0.3, -0.25) is 0 Å². The van der Waals surface area contributed by atoms with E-state index in [0.29, 0.717) is 16.7 Å². The second-order valence-electron chi connectivity index (χ2n) is 11.3. The van der Waals surface area contributed by atoms with Gasteiger partial charge in [0.2, 0.25) is 23.0 Å². The summed E-state index contributed by atoms with van der Waals surface area (Å²) in [5, 5.41) is 89.1. The van der Waals surface area contributed by atoms with Crippen LogP contribution in [0.2, 0.25) is 0 Å². The molecule has 8 rings (SSSR count). The lowest BCUT2D eigenvalue weighted by atomic mass is 9.83. The molecule has 0 radical (unpaired) electrons. The molecule has 9 heteroatoms. The van der Waals surface area contributed by atoms with Crippen molar-refractivity contribution in [2.75, 3.05) is 0 Å². The molecule has 1 aromatic heterocycles. The van der Waals surface area contributed by atoms with E-state index in [1.54, 1.807) is 54.6 Å². The van der Waals surface area contributed by atoms with Crippen molar-refractivity contribution in [3.05, 3.63) is 97.1 Å². The zero-order chi connectivity index (χ0) is 32.7. The molecule has 0 bridgehead atoms. The molecule has 0 fully saturated rings. The fourth-order valence-electron chi connectivity index (χ4n) is 6.59. The first kappa shape index (κ1) is 27.8. The normalized spacial score (nSPS) is 11.7. The van der Waals surface area contributed by atoms with Gasteiger partial charge in [0.15, 0.2) is 23.0 Å². The van der Waals surface area contributed by atoms with Crippen molar-refractivity contribution in [1.82, 2.24) is 0 Å². The Morgan fingerprint density at radius 3 is 1.30 bits per heavy atom. The van der Waals surface area contributed by atoms with Crippen molar-refractivity contribution < 1.29 is 45.3 Å². The number of aromatic hydroxyl groups is 8. The lowest BCUT2D eigenvalue weighted by molar-refractivity contribution is 0.350. The van der Waals surface area contributed by atoms with Crippen LogP contribution in [-0.4, -0.2) is 40.9 Å². The highest BCUT2D eigenvalue weighted by atomic mass is 16.4. The van der Waals surface area contributed by atoms with Gasteiger partial charge in [-0.1, -0.05) is 91.0 Å². The molecule has 0 aliphatic carbocycles. The highest BCUT2D eigenvalue weighted by Crippen LogP contribution is 2.61. The van der Waals surface area contributed by atoms with Gasteiger partial charge in [0.05, 0.1) is 0 Å². The van der Waals surface area contributed by atoms with Gasteiger partial charge in [-0.15, -0.1) is 0 Å². The summed E-state index contributed by atoms with van der Waals surface area (Å²) >= 11 is 0. The van der Waals surface area contributed by atoms with E-state index in [-0.39, 0.29) is 32.7 Å². The maximum absolute atomic E-state index is 11.4. The monoisotopic (exact) mass is 624 g/mol. The highest BCUT2D eigenvalue weighted by molar-refractivity contribution is 6.28. The Balaban J connectivity index is 1.50. The number of fused-ring (bicyclic) bond motifs is 5. The minimum absolute atomic E-state index is 0.00117. The van der Waals surface area contributed by atoms with Gasteiger partial charge < -0.3 is 45.3 Å². The zero-order valence-electron chi connectivity index (χ0n) is 24.2. The molecule has 0 atom stereocenters. The lowest BCUT2D eigenvalue weighted by Crippen LogP contribution is -1.94. The molecule has 8 aromatic rings. The minimum atomic E-state index is -1.02. The Labute approximate surface area is 264 Å². The molecule has 0 spiro atoms. The topological polar surface area (TPSA) is 175 Å². The zero-order valence-corrected chi connectivity index (χ0v) is 24.2. The molecule has 0 saturated carbocycles. The lowest BCUT2D eigenvalue weighted by Gasteiger charge is -2.22. The summed E-state index contributed by atoms with van der Waals surface area (Å²) in [7, 11) is 0. The fraction of sp³-hybridized carbons (Fsp3) is 0. The Hall–Kier alpha value is -6.74. The first-order valence-corrected chi connectivity index (χ1v) is 14.5. The van der Waals surface area contributed by atoms with Crippen LogP contribution in [0.4, 0.5) is 0 Å². The second kappa shape index (κ2) is 9.88. The van der Waals surface area contributed by atoms with Crippen molar-refractivity contribution in [1.29, 1.82) is 0 Å². The Bertz CT molecular complexity index is 2500. The average molecular weight is 625 g/mol. The first-order valence-electron chi connectivity index (χ1n) is 14.5. The average Bonchev–Trinajstić information content (AvgIpc) is 3.49. The van der Waals surface area contributed by atoms with Crippen molar-refractivity contribution in [2.45, 2.75) is 0 Å². The van der Waals surface area contributed by atoms with E-state index in [1.165, 1.54) is 0 Å². The van der Waals surface area contributed by atoms with Gasteiger partial charge in [-0.25, -0.2) is 0 Å². The number of benzene rings is 7. The standard InChI is InChI=1S/C38H24O9/c39-30-26-24(18-7-2-1-3-8-18)27-29(33(42)37(46)35(44)31(27)40)25(28(26)32(41)36(45)34(30)43)19-15-13-17(14-16-19)20-10-6-11-22-21-9-4-5-12-23(21)47-38(20)22/h1-16,39-46H. The summed E-state index contributed by atoms with van der Waals surface area (Å²) in [6.45, 7) is 0. The smallest absolute Gasteiger partial charge is 0.204 e. The molecular formula is C38H24O9. The van der Waals surface area contributed by atoms with Crippen LogP contribution in [0.3, 0.4) is 0 Å². The quantitative estimate of drug-likeness (QED) is 0.0544. The van der Waals surface area contributed by atoms with E-state index in [0.717, 1.165) is 27.5 Å². The number of rotatable bonds is 3. The van der Waals surface area contributed by atoms with Crippen LogP contribution < -0.4 is 0 Å². The van der Waals surface area contributed by atoms with Crippen molar-refractivity contribution in [3.63, 3.8) is 0 Å². The van der Waals surface area contributed by atoms with Gasteiger partial charge in [0, 0.05) is 49.0 Å². The van der Waals surface area contributed by atoms with E-state index in [9.17, 15) is 40.9 Å². The van der Waals surface area contributed by atoms with Gasteiger partial charge in [-0.05, 0) is 22.8 Å². The van der Waals surface area contributed by atoms with Gasteiger partial charge in [0.1, 0.15) is 11.2 Å². The third-order valence-corrected chi connectivity index (χ3v) is 8.74. The van der Waals surface area contributed by atoms with Crippen LogP contribution >= 0.6 is 0 Å². The molecule has 9 nitrogen and oxygen atoms in total. The molecular weight excluding hydrogens is 600 g/mol. The Morgan fingerprint density at radius 2 is 0.766 bits per heavy atom. The molecule has 47 heavy (non-hydrogen) atoms. The summed E-state index contributed by atoms with van der Waals surface area (Å²) in [5.41, 5.74) is 3.62. The largest absolute Gasteiger partial charge is 0.504 e. The van der Waals surface area contributed by atoms with E-state index in [2.05, 4.69) is 0 Å². The number of phenolic OH excluding ortho intramolecular Hbond substituents is 8. The third kappa shape index (κ3) is 3.77. The molecule has 230 valence electrons. The first-order chi connectivity index (χ1) is 22.7. The summed E-state index contributed by atoms with van der Waals surface area (Å²) in [6.07, 6.45) is 0. The van der Waals surface area contributed by atoms with Gasteiger partial charge in [0.25, 0.3) is 0 Å². The predicted molar refractivity (Wildman–Crippen MR) is 178 cm³/mol. The SMILES string of the molecule is Oc1c(O)c(O)c2c(-c3ccc(-c4cccc5c4oc4ccccc45)cc3)c3c(O)c(O)c(O)c(O)c3c(-c3ccccc3)c2c1O. The Kier molecular flexibility index (Phi) is 5.84. The van der Waals surface area contributed by atoms with Crippen molar-refractivity contribution in [3.8, 4) is 79.4 Å². The van der Waals surface area contributed by atoms with Crippen LogP contribution in [0, 0.1) is 0 Å². The van der Waals surface area contributed by atoms with Crippen LogP contribution in [-0.2, 0) is 0 Å². The molecule has 0 saturated heterocycles. The fourth-order valence-corrected chi connectivity index (χ4v) is 6.59. The number of hydrogen-bond acceptors (Lipinski definition) is 9. The molecule has 1 heterocycles. The summed E-state index contributed by atoms with van der Waals surface area (Å²) < 4.78 is 6.21. The minimum Gasteiger partial charge on any atom is -0.504 e. The van der Waals surface area contributed by atoms with Crippen molar-refractivity contribution in [2.24, 2.45) is 0 Å². The number of furan rings is 1. The maximum Gasteiger partial charge on any atom is 0.204 e. The number of phenols is 8. The summed E-state index contributed by atoms with van der Waals surface area (Å²) in [4.78, 5) is 0. The molecule has 0 aliphatic heterocycles. The maximum atomic E-state index is 11.4. The van der Waals surface area contributed by atoms with E-state index >= 15 is 0 Å². The van der Waals surface area contributed by atoms with Crippen LogP contribution in [0.15, 0.2) is 101 Å². The number of hydrogen-bond donors (Lipinski definition) is 8. The number of para-hydroxylation sites is 2. The van der Waals surface area contributed by atoms with Crippen molar-refractivity contribution >= 4 is 43.5 Å². The van der Waals surface area contributed by atoms with E-state index < -0.39 is 46.0 Å². The van der Waals surface area contributed by atoms with Gasteiger partial charge in [-0.2, -0.15) is 0 Å². The molecule has 0 unspecified atom stereocenters. The predicted octanol–water partition coefficient (Wildman–Crippen LogP) is 8.54. The second-order valence-corrected chi connectivity index (χ2v) is 11.3. The molecule has 7 aromatic carbocycles.